The minimum absolute atomic E-state index is 0.362. The molecule has 1 spiro atoms. The van der Waals surface area contributed by atoms with E-state index in [0.717, 1.165) is 17.4 Å². The second kappa shape index (κ2) is 2.98. The molecule has 0 amide bonds. The minimum atomic E-state index is 0.362. The first kappa shape index (κ1) is 10.5. The van der Waals surface area contributed by atoms with Crippen molar-refractivity contribution in [2.75, 3.05) is 6.54 Å². The van der Waals surface area contributed by atoms with Gasteiger partial charge in [-0.3, -0.25) is 4.90 Å². The monoisotopic (exact) mass is 195 g/mol. The fraction of sp³-hybridized carbons (Fsp3) is 1.00. The number of rotatable bonds is 1. The van der Waals surface area contributed by atoms with E-state index < -0.39 is 0 Å². The second-order valence-electron chi connectivity index (χ2n) is 6.81. The maximum absolute atomic E-state index is 2.75. The zero-order valence-corrected chi connectivity index (χ0v) is 10.4. The normalized spacial score (nSPS) is 31.7. The van der Waals surface area contributed by atoms with Crippen molar-refractivity contribution in [1.29, 1.82) is 0 Å². The van der Waals surface area contributed by atoms with E-state index in [1.165, 1.54) is 25.8 Å². The largest absolute Gasteiger partial charge is 0.295 e. The molecular weight excluding hydrogens is 170 g/mol. The summed E-state index contributed by atoms with van der Waals surface area (Å²) in [6.45, 7) is 13.2. The van der Waals surface area contributed by atoms with Crippen molar-refractivity contribution in [2.45, 2.75) is 65.5 Å². The third kappa shape index (κ3) is 1.71. The maximum atomic E-state index is 2.75. The van der Waals surface area contributed by atoms with E-state index in [9.17, 15) is 0 Å². The summed E-state index contributed by atoms with van der Waals surface area (Å²) < 4.78 is 0. The van der Waals surface area contributed by atoms with Gasteiger partial charge < -0.3 is 0 Å². The Balaban J connectivity index is 2.14. The Morgan fingerprint density at radius 3 is 2.07 bits per heavy atom. The lowest BCUT2D eigenvalue weighted by Crippen LogP contribution is -2.46. The van der Waals surface area contributed by atoms with Crippen LogP contribution < -0.4 is 0 Å². The molecule has 0 aromatic carbocycles. The third-order valence-corrected chi connectivity index (χ3v) is 4.14. The lowest BCUT2D eigenvalue weighted by Gasteiger charge is -2.38. The van der Waals surface area contributed by atoms with E-state index in [0.29, 0.717) is 5.54 Å². The highest BCUT2D eigenvalue weighted by Gasteiger charge is 2.54. The summed E-state index contributed by atoms with van der Waals surface area (Å²) in [5.41, 5.74) is 1.11. The summed E-state index contributed by atoms with van der Waals surface area (Å²) >= 11 is 0. The summed E-state index contributed by atoms with van der Waals surface area (Å²) in [6, 6.07) is 0.831. The lowest BCUT2D eigenvalue weighted by atomic mass is 9.94. The number of hydrogen-bond donors (Lipinski definition) is 0. The van der Waals surface area contributed by atoms with Crippen LogP contribution in [0.15, 0.2) is 0 Å². The predicted molar refractivity (Wildman–Crippen MR) is 61.4 cm³/mol. The highest BCUT2D eigenvalue weighted by Crippen LogP contribution is 2.57. The van der Waals surface area contributed by atoms with Crippen molar-refractivity contribution in [1.82, 2.24) is 4.90 Å². The minimum Gasteiger partial charge on any atom is -0.295 e. The van der Waals surface area contributed by atoms with Crippen molar-refractivity contribution >= 4 is 0 Å². The smallest absolute Gasteiger partial charge is 0.0129 e. The van der Waals surface area contributed by atoms with Gasteiger partial charge in [0, 0.05) is 18.1 Å². The van der Waals surface area contributed by atoms with Crippen LogP contribution in [0.3, 0.4) is 0 Å². The van der Waals surface area contributed by atoms with Crippen LogP contribution in [0.1, 0.15) is 53.9 Å². The molecule has 1 saturated carbocycles. The first-order valence-electron chi connectivity index (χ1n) is 6.11. The van der Waals surface area contributed by atoms with Gasteiger partial charge in [-0.2, -0.15) is 0 Å². The Kier molecular flexibility index (Phi) is 2.23. The van der Waals surface area contributed by atoms with E-state index in [1.807, 2.05) is 0 Å². The van der Waals surface area contributed by atoms with Crippen molar-refractivity contribution in [2.24, 2.45) is 11.3 Å². The molecule has 1 heterocycles. The molecule has 1 saturated heterocycles. The molecule has 1 atom stereocenters. The molecule has 2 rings (SSSR count). The first-order chi connectivity index (χ1) is 6.34. The van der Waals surface area contributed by atoms with Crippen LogP contribution in [-0.2, 0) is 0 Å². The molecule has 2 fully saturated rings. The van der Waals surface area contributed by atoms with E-state index >= 15 is 0 Å². The molecule has 82 valence electrons. The van der Waals surface area contributed by atoms with E-state index in [-0.39, 0.29) is 0 Å². The topological polar surface area (TPSA) is 3.24 Å². The van der Waals surface area contributed by atoms with Gasteiger partial charge in [0.25, 0.3) is 0 Å². The Labute approximate surface area is 88.9 Å². The second-order valence-corrected chi connectivity index (χ2v) is 6.81. The molecule has 2 aliphatic rings. The molecule has 0 N–H and O–H groups in total. The molecule has 1 aliphatic heterocycles. The van der Waals surface area contributed by atoms with Crippen LogP contribution in [-0.4, -0.2) is 23.0 Å². The highest BCUT2D eigenvalue weighted by atomic mass is 15.3. The van der Waals surface area contributed by atoms with Gasteiger partial charge in [-0.25, -0.2) is 0 Å². The van der Waals surface area contributed by atoms with E-state index in [1.54, 1.807) is 0 Å². The van der Waals surface area contributed by atoms with Gasteiger partial charge in [0.05, 0.1) is 0 Å². The SMILES string of the molecule is CC(C)C1CC2(CC2)CN1C(C)(C)C. The number of hydrogen-bond acceptors (Lipinski definition) is 1. The predicted octanol–water partition coefficient (Wildman–Crippen LogP) is 3.30. The fourth-order valence-corrected chi connectivity index (χ4v) is 2.97. The molecule has 0 aromatic rings. The summed E-state index contributed by atoms with van der Waals surface area (Å²) in [5, 5.41) is 0. The molecule has 1 unspecified atom stereocenters. The van der Waals surface area contributed by atoms with Gasteiger partial charge in [-0.05, 0) is 51.4 Å². The molecule has 0 bridgehead atoms. The third-order valence-electron chi connectivity index (χ3n) is 4.14. The van der Waals surface area contributed by atoms with Crippen LogP contribution in [0.25, 0.3) is 0 Å². The van der Waals surface area contributed by atoms with Crippen molar-refractivity contribution in [3.05, 3.63) is 0 Å². The van der Waals surface area contributed by atoms with Crippen LogP contribution in [0.5, 0.6) is 0 Å². The molecule has 14 heavy (non-hydrogen) atoms. The molecule has 1 nitrogen and oxygen atoms in total. The molecular formula is C13H25N. The van der Waals surface area contributed by atoms with Gasteiger partial charge in [-0.1, -0.05) is 13.8 Å². The van der Waals surface area contributed by atoms with Crippen LogP contribution in [0, 0.1) is 11.3 Å². The fourth-order valence-electron chi connectivity index (χ4n) is 2.97. The van der Waals surface area contributed by atoms with E-state index in [2.05, 4.69) is 39.5 Å². The van der Waals surface area contributed by atoms with Gasteiger partial charge in [0.2, 0.25) is 0 Å². The summed E-state index contributed by atoms with van der Waals surface area (Å²) in [6.07, 6.45) is 4.44. The maximum Gasteiger partial charge on any atom is 0.0129 e. The van der Waals surface area contributed by atoms with Crippen LogP contribution in [0.2, 0.25) is 0 Å². The van der Waals surface area contributed by atoms with Crippen LogP contribution in [0.4, 0.5) is 0 Å². The summed E-state index contributed by atoms with van der Waals surface area (Å²) in [5.74, 6) is 0.814. The zero-order chi connectivity index (χ0) is 10.6. The average Bonchev–Trinajstić information content (AvgIpc) is 2.58. The van der Waals surface area contributed by atoms with Crippen molar-refractivity contribution < 1.29 is 0 Å². The Morgan fingerprint density at radius 1 is 1.21 bits per heavy atom. The van der Waals surface area contributed by atoms with Crippen molar-refractivity contribution in [3.63, 3.8) is 0 Å². The standard InChI is InChI=1S/C13H25N/c1-10(2)11-8-13(6-7-13)9-14(11)12(3,4)5/h10-11H,6-9H2,1-5H3. The Bertz CT molecular complexity index is 220. The Morgan fingerprint density at radius 2 is 1.79 bits per heavy atom. The zero-order valence-electron chi connectivity index (χ0n) is 10.4. The average molecular weight is 195 g/mol. The number of likely N-dealkylation sites (tertiary alicyclic amines) is 1. The van der Waals surface area contributed by atoms with Gasteiger partial charge >= 0.3 is 0 Å². The van der Waals surface area contributed by atoms with Crippen molar-refractivity contribution in [3.8, 4) is 0 Å². The quantitative estimate of drug-likeness (QED) is 0.620. The Hall–Kier alpha value is -0.0400. The van der Waals surface area contributed by atoms with Gasteiger partial charge in [0.15, 0.2) is 0 Å². The highest BCUT2D eigenvalue weighted by molar-refractivity contribution is 5.07. The number of nitrogens with zero attached hydrogens (tertiary/aromatic N) is 1. The van der Waals surface area contributed by atoms with Crippen LogP contribution >= 0.6 is 0 Å². The van der Waals surface area contributed by atoms with Gasteiger partial charge in [-0.15, -0.1) is 0 Å². The summed E-state index contributed by atoms with van der Waals surface area (Å²) in [7, 11) is 0. The molecule has 0 aromatic heterocycles. The van der Waals surface area contributed by atoms with E-state index in [4.69, 9.17) is 0 Å². The van der Waals surface area contributed by atoms with Gasteiger partial charge in [0.1, 0.15) is 0 Å². The summed E-state index contributed by atoms with van der Waals surface area (Å²) in [4.78, 5) is 2.75. The lowest BCUT2D eigenvalue weighted by molar-refractivity contribution is 0.0933. The molecule has 1 aliphatic carbocycles. The molecule has 0 radical (unpaired) electrons. The molecule has 1 heteroatoms. The first-order valence-corrected chi connectivity index (χ1v) is 6.11.